The number of hydrogen-bond acceptors (Lipinski definition) is 1. The minimum atomic E-state index is 0.394. The number of hydrogen-bond donors (Lipinski definition) is 0. The normalized spacial score (nSPS) is 17.2. The molecule has 1 unspecified atom stereocenters. The predicted octanol–water partition coefficient (Wildman–Crippen LogP) is 6.21. The van der Waals surface area contributed by atoms with E-state index in [1.807, 2.05) is 0 Å². The van der Waals surface area contributed by atoms with Crippen molar-refractivity contribution in [2.75, 3.05) is 4.90 Å². The molecule has 0 aromatic heterocycles. The number of allylic oxidation sites excluding steroid dienone is 4. The van der Waals surface area contributed by atoms with Crippen molar-refractivity contribution in [3.8, 4) is 0 Å². The molecule has 23 heavy (non-hydrogen) atoms. The van der Waals surface area contributed by atoms with Crippen LogP contribution in [0.15, 0.2) is 72.8 Å². The third-order valence-corrected chi connectivity index (χ3v) is 4.34. The topological polar surface area (TPSA) is 3.24 Å². The fourth-order valence-electron chi connectivity index (χ4n) is 3.16. The van der Waals surface area contributed by atoms with Gasteiger partial charge < -0.3 is 4.90 Å². The molecule has 1 aliphatic rings. The summed E-state index contributed by atoms with van der Waals surface area (Å²) in [5, 5.41) is 0. The van der Waals surface area contributed by atoms with E-state index in [2.05, 4.69) is 98.5 Å². The second-order valence-corrected chi connectivity index (χ2v) is 6.55. The molecule has 0 amide bonds. The Morgan fingerprint density at radius 2 is 1.65 bits per heavy atom. The van der Waals surface area contributed by atoms with Crippen LogP contribution in [0.25, 0.3) is 5.57 Å². The molecule has 0 saturated heterocycles. The van der Waals surface area contributed by atoms with Gasteiger partial charge in [-0.1, -0.05) is 61.5 Å². The van der Waals surface area contributed by atoms with Crippen molar-refractivity contribution in [1.82, 2.24) is 0 Å². The van der Waals surface area contributed by atoms with Crippen LogP contribution in [-0.2, 0) is 0 Å². The molecule has 0 saturated carbocycles. The van der Waals surface area contributed by atoms with Crippen LogP contribution < -0.4 is 4.90 Å². The Morgan fingerprint density at radius 3 is 2.30 bits per heavy atom. The quantitative estimate of drug-likeness (QED) is 0.648. The molecule has 0 fully saturated rings. The van der Waals surface area contributed by atoms with Gasteiger partial charge in [-0.25, -0.2) is 0 Å². The highest BCUT2D eigenvalue weighted by Gasteiger charge is 2.18. The second-order valence-electron chi connectivity index (χ2n) is 6.55. The van der Waals surface area contributed by atoms with Gasteiger partial charge in [-0.3, -0.25) is 0 Å². The molecule has 3 rings (SSSR count). The van der Waals surface area contributed by atoms with Gasteiger partial charge in [0.15, 0.2) is 0 Å². The van der Waals surface area contributed by atoms with Crippen molar-refractivity contribution in [1.29, 1.82) is 0 Å². The standard InChI is InChI=1S/C22H25N/c1-17(2)23(20-9-5-4-6-10-20)22-12-8-7-11-21(22)19-15-13-18(3)14-16-19/h4-13,15-18H,14H2,1-3H3. The lowest BCUT2D eigenvalue weighted by molar-refractivity contribution is 0.738. The van der Waals surface area contributed by atoms with Crippen molar-refractivity contribution in [3.05, 3.63) is 78.4 Å². The Balaban J connectivity index is 2.07. The van der Waals surface area contributed by atoms with E-state index in [4.69, 9.17) is 0 Å². The number of benzene rings is 2. The van der Waals surface area contributed by atoms with Gasteiger partial charge in [0.05, 0.1) is 0 Å². The van der Waals surface area contributed by atoms with Crippen molar-refractivity contribution in [3.63, 3.8) is 0 Å². The van der Waals surface area contributed by atoms with Crippen molar-refractivity contribution < 1.29 is 0 Å². The zero-order valence-corrected chi connectivity index (χ0v) is 14.2. The molecule has 1 aliphatic carbocycles. The van der Waals surface area contributed by atoms with Gasteiger partial charge in [0.2, 0.25) is 0 Å². The monoisotopic (exact) mass is 303 g/mol. The van der Waals surface area contributed by atoms with E-state index in [1.54, 1.807) is 0 Å². The van der Waals surface area contributed by atoms with E-state index in [0.717, 1.165) is 6.42 Å². The molecule has 118 valence electrons. The summed E-state index contributed by atoms with van der Waals surface area (Å²) in [5.41, 5.74) is 5.16. The summed E-state index contributed by atoms with van der Waals surface area (Å²) in [6, 6.07) is 19.8. The highest BCUT2D eigenvalue weighted by atomic mass is 15.2. The Labute approximate surface area is 140 Å². The van der Waals surface area contributed by atoms with Crippen LogP contribution in [0.3, 0.4) is 0 Å². The van der Waals surface area contributed by atoms with E-state index < -0.39 is 0 Å². The molecule has 0 radical (unpaired) electrons. The summed E-state index contributed by atoms with van der Waals surface area (Å²) < 4.78 is 0. The molecule has 0 N–H and O–H groups in total. The highest BCUT2D eigenvalue weighted by molar-refractivity contribution is 5.85. The Kier molecular flexibility index (Phi) is 4.66. The van der Waals surface area contributed by atoms with Crippen LogP contribution in [0.2, 0.25) is 0 Å². The maximum atomic E-state index is 2.42. The van der Waals surface area contributed by atoms with E-state index in [9.17, 15) is 0 Å². The lowest BCUT2D eigenvalue weighted by Gasteiger charge is -2.31. The summed E-state index contributed by atoms with van der Waals surface area (Å²) in [7, 11) is 0. The zero-order valence-electron chi connectivity index (χ0n) is 14.2. The minimum absolute atomic E-state index is 0.394. The third-order valence-electron chi connectivity index (χ3n) is 4.34. The van der Waals surface area contributed by atoms with Gasteiger partial charge in [-0.05, 0) is 50.0 Å². The summed E-state index contributed by atoms with van der Waals surface area (Å²) in [6.45, 7) is 6.76. The van der Waals surface area contributed by atoms with Crippen LogP contribution in [-0.4, -0.2) is 6.04 Å². The zero-order chi connectivity index (χ0) is 16.2. The third kappa shape index (κ3) is 3.39. The number of para-hydroxylation sites is 2. The smallest absolute Gasteiger partial charge is 0.0492 e. The van der Waals surface area contributed by atoms with Gasteiger partial charge in [-0.2, -0.15) is 0 Å². The van der Waals surface area contributed by atoms with E-state index in [-0.39, 0.29) is 0 Å². The number of nitrogens with zero attached hydrogens (tertiary/aromatic N) is 1. The first kappa shape index (κ1) is 15.6. The lowest BCUT2D eigenvalue weighted by atomic mass is 9.93. The summed E-state index contributed by atoms with van der Waals surface area (Å²) in [4.78, 5) is 2.42. The van der Waals surface area contributed by atoms with Crippen LogP contribution in [0, 0.1) is 5.92 Å². The maximum Gasteiger partial charge on any atom is 0.0492 e. The van der Waals surface area contributed by atoms with Gasteiger partial charge in [-0.15, -0.1) is 0 Å². The molecule has 0 spiro atoms. The van der Waals surface area contributed by atoms with Gasteiger partial charge in [0, 0.05) is 23.0 Å². The fraction of sp³-hybridized carbons (Fsp3) is 0.273. The van der Waals surface area contributed by atoms with Crippen LogP contribution in [0.4, 0.5) is 11.4 Å². The molecule has 1 nitrogen and oxygen atoms in total. The molecule has 2 aromatic rings. The fourth-order valence-corrected chi connectivity index (χ4v) is 3.16. The first-order valence-corrected chi connectivity index (χ1v) is 8.49. The van der Waals surface area contributed by atoms with E-state index in [1.165, 1.54) is 22.5 Å². The van der Waals surface area contributed by atoms with E-state index in [0.29, 0.717) is 12.0 Å². The van der Waals surface area contributed by atoms with Gasteiger partial charge >= 0.3 is 0 Å². The molecule has 0 heterocycles. The first-order chi connectivity index (χ1) is 11.2. The lowest BCUT2D eigenvalue weighted by Crippen LogP contribution is -2.26. The highest BCUT2D eigenvalue weighted by Crippen LogP contribution is 2.36. The van der Waals surface area contributed by atoms with Crippen LogP contribution in [0.1, 0.15) is 32.8 Å². The molecule has 0 bridgehead atoms. The minimum Gasteiger partial charge on any atom is -0.338 e. The average Bonchev–Trinajstić information content (AvgIpc) is 2.57. The molecular weight excluding hydrogens is 278 g/mol. The van der Waals surface area contributed by atoms with Crippen molar-refractivity contribution in [2.24, 2.45) is 5.92 Å². The van der Waals surface area contributed by atoms with E-state index >= 15 is 0 Å². The van der Waals surface area contributed by atoms with Gasteiger partial charge in [0.25, 0.3) is 0 Å². The van der Waals surface area contributed by atoms with Gasteiger partial charge in [0.1, 0.15) is 0 Å². The average molecular weight is 303 g/mol. The van der Waals surface area contributed by atoms with Crippen LogP contribution >= 0.6 is 0 Å². The van der Waals surface area contributed by atoms with Crippen LogP contribution in [0.5, 0.6) is 0 Å². The SMILES string of the molecule is CC1C=CC(c2ccccc2N(c2ccccc2)C(C)C)=CC1. The second kappa shape index (κ2) is 6.87. The Morgan fingerprint density at radius 1 is 0.957 bits per heavy atom. The molecular formula is C22H25N. The molecule has 2 aromatic carbocycles. The predicted molar refractivity (Wildman–Crippen MR) is 101 cm³/mol. The largest absolute Gasteiger partial charge is 0.338 e. The Hall–Kier alpha value is -2.28. The number of rotatable bonds is 4. The molecule has 1 atom stereocenters. The first-order valence-electron chi connectivity index (χ1n) is 8.49. The summed E-state index contributed by atoms with van der Waals surface area (Å²) >= 11 is 0. The summed E-state index contributed by atoms with van der Waals surface area (Å²) in [5.74, 6) is 0.640. The number of anilines is 2. The summed E-state index contributed by atoms with van der Waals surface area (Å²) in [6.07, 6.45) is 8.07. The Bertz CT molecular complexity index is 710. The maximum absolute atomic E-state index is 2.42. The van der Waals surface area contributed by atoms with Crippen molar-refractivity contribution in [2.45, 2.75) is 33.2 Å². The molecule has 1 heteroatoms. The molecule has 0 aliphatic heterocycles. The van der Waals surface area contributed by atoms with Crippen molar-refractivity contribution >= 4 is 16.9 Å².